The molecule has 5 heteroatoms. The Kier molecular flexibility index (Phi) is 4.09. The monoisotopic (exact) mass is 274 g/mol. The number of rotatable bonds is 4. The Hall–Kier alpha value is -1.88. The summed E-state index contributed by atoms with van der Waals surface area (Å²) in [6, 6.07) is 3.92. The molecule has 108 valence electrons. The Bertz CT molecular complexity index is 604. The van der Waals surface area contributed by atoms with Crippen LogP contribution < -0.4 is 10.5 Å². The van der Waals surface area contributed by atoms with Gasteiger partial charge in [-0.2, -0.15) is 5.10 Å². The van der Waals surface area contributed by atoms with Crippen molar-refractivity contribution in [2.75, 3.05) is 7.11 Å². The number of aromatic nitrogens is 3. The normalized spacial score (nSPS) is 12.8. The van der Waals surface area contributed by atoms with Crippen LogP contribution in [-0.2, 0) is 0 Å². The summed E-state index contributed by atoms with van der Waals surface area (Å²) in [4.78, 5) is 4.48. The molecule has 0 saturated heterocycles. The second kappa shape index (κ2) is 5.63. The lowest BCUT2D eigenvalue weighted by molar-refractivity contribution is 0.400. The third-order valence-corrected chi connectivity index (χ3v) is 3.40. The van der Waals surface area contributed by atoms with Crippen LogP contribution in [0, 0.1) is 13.8 Å². The molecule has 1 atom stereocenters. The van der Waals surface area contributed by atoms with Crippen LogP contribution in [0.1, 0.15) is 48.6 Å². The van der Waals surface area contributed by atoms with Gasteiger partial charge in [0.15, 0.2) is 5.75 Å². The van der Waals surface area contributed by atoms with E-state index in [1.807, 2.05) is 30.7 Å². The second-order valence-corrected chi connectivity index (χ2v) is 5.24. The first-order valence-corrected chi connectivity index (χ1v) is 6.76. The van der Waals surface area contributed by atoms with Crippen molar-refractivity contribution in [2.45, 2.75) is 39.8 Å². The molecular formula is C15H22N4O. The average molecular weight is 274 g/mol. The molecule has 0 bridgehead atoms. The lowest BCUT2D eigenvalue weighted by atomic mass is 10.0. The molecule has 0 saturated carbocycles. The molecule has 2 aromatic heterocycles. The lowest BCUT2D eigenvalue weighted by Crippen LogP contribution is -2.20. The maximum Gasteiger partial charge on any atom is 0.161 e. The number of nitrogens with zero attached hydrogens (tertiary/aromatic N) is 3. The van der Waals surface area contributed by atoms with Crippen LogP contribution in [0.15, 0.2) is 18.3 Å². The molecule has 20 heavy (non-hydrogen) atoms. The molecule has 0 spiro atoms. The van der Waals surface area contributed by atoms with Crippen molar-refractivity contribution in [3.05, 3.63) is 41.0 Å². The van der Waals surface area contributed by atoms with E-state index in [9.17, 15) is 0 Å². The third-order valence-electron chi connectivity index (χ3n) is 3.40. The summed E-state index contributed by atoms with van der Waals surface area (Å²) in [6.07, 6.45) is 1.71. The summed E-state index contributed by atoms with van der Waals surface area (Å²) in [6.45, 7) is 8.10. The number of hydrogen-bond donors (Lipinski definition) is 1. The first kappa shape index (κ1) is 14.5. The molecule has 1 unspecified atom stereocenters. The van der Waals surface area contributed by atoms with E-state index in [0.29, 0.717) is 5.75 Å². The van der Waals surface area contributed by atoms with Crippen LogP contribution in [-0.4, -0.2) is 21.9 Å². The minimum Gasteiger partial charge on any atom is -0.493 e. The highest BCUT2D eigenvalue weighted by Crippen LogP contribution is 2.31. The van der Waals surface area contributed by atoms with E-state index in [-0.39, 0.29) is 12.1 Å². The van der Waals surface area contributed by atoms with Crippen molar-refractivity contribution in [3.63, 3.8) is 0 Å². The van der Waals surface area contributed by atoms with Gasteiger partial charge in [-0.05, 0) is 39.3 Å². The fraction of sp³-hybridized carbons (Fsp3) is 0.467. The Labute approximate surface area is 119 Å². The Morgan fingerprint density at radius 1 is 1.25 bits per heavy atom. The van der Waals surface area contributed by atoms with Crippen LogP contribution >= 0.6 is 0 Å². The first-order valence-electron chi connectivity index (χ1n) is 6.76. The zero-order valence-electron chi connectivity index (χ0n) is 12.7. The highest BCUT2D eigenvalue weighted by atomic mass is 16.5. The fourth-order valence-electron chi connectivity index (χ4n) is 2.39. The van der Waals surface area contributed by atoms with E-state index in [0.717, 1.165) is 22.6 Å². The van der Waals surface area contributed by atoms with Gasteiger partial charge in [0.25, 0.3) is 0 Å². The van der Waals surface area contributed by atoms with Crippen LogP contribution in [0.2, 0.25) is 0 Å². The molecule has 0 radical (unpaired) electrons. The minimum absolute atomic E-state index is 0.221. The largest absolute Gasteiger partial charge is 0.493 e. The van der Waals surface area contributed by atoms with Gasteiger partial charge in [-0.1, -0.05) is 6.07 Å². The van der Waals surface area contributed by atoms with Crippen LogP contribution in [0.3, 0.4) is 0 Å². The van der Waals surface area contributed by atoms with Gasteiger partial charge < -0.3 is 10.5 Å². The standard InChI is InChI=1S/C15H22N4O/c1-9(2)19-15(13(20-5)8-17-19)14(16)12-7-6-10(3)18-11(12)4/h6-9,14H,16H2,1-5H3. The predicted molar refractivity (Wildman–Crippen MR) is 78.9 cm³/mol. The van der Waals surface area contributed by atoms with Gasteiger partial charge in [-0.25, -0.2) is 0 Å². The molecule has 0 amide bonds. The number of ether oxygens (including phenoxy) is 1. The smallest absolute Gasteiger partial charge is 0.161 e. The lowest BCUT2D eigenvalue weighted by Gasteiger charge is -2.19. The highest BCUT2D eigenvalue weighted by molar-refractivity contribution is 5.38. The van der Waals surface area contributed by atoms with Crippen molar-refractivity contribution in [3.8, 4) is 5.75 Å². The summed E-state index contributed by atoms with van der Waals surface area (Å²) < 4.78 is 7.30. The molecule has 0 aromatic carbocycles. The zero-order valence-corrected chi connectivity index (χ0v) is 12.7. The summed E-state index contributed by atoms with van der Waals surface area (Å²) in [5.41, 5.74) is 10.3. The summed E-state index contributed by atoms with van der Waals surface area (Å²) in [5, 5.41) is 4.37. The fourth-order valence-corrected chi connectivity index (χ4v) is 2.39. The van der Waals surface area contributed by atoms with Gasteiger partial charge in [-0.15, -0.1) is 0 Å². The number of aryl methyl sites for hydroxylation is 2. The Morgan fingerprint density at radius 3 is 2.50 bits per heavy atom. The maximum absolute atomic E-state index is 6.45. The van der Waals surface area contributed by atoms with Crippen molar-refractivity contribution in [2.24, 2.45) is 5.73 Å². The second-order valence-electron chi connectivity index (χ2n) is 5.24. The quantitative estimate of drug-likeness (QED) is 0.930. The summed E-state index contributed by atoms with van der Waals surface area (Å²) in [7, 11) is 1.64. The highest BCUT2D eigenvalue weighted by Gasteiger charge is 2.23. The van der Waals surface area contributed by atoms with Crippen molar-refractivity contribution < 1.29 is 4.74 Å². The van der Waals surface area contributed by atoms with E-state index in [2.05, 4.69) is 23.9 Å². The van der Waals surface area contributed by atoms with Gasteiger partial charge >= 0.3 is 0 Å². The molecule has 0 aliphatic heterocycles. The number of nitrogens with two attached hydrogens (primary N) is 1. The summed E-state index contributed by atoms with van der Waals surface area (Å²) >= 11 is 0. The third kappa shape index (κ3) is 2.54. The Balaban J connectivity index is 2.52. The van der Waals surface area contributed by atoms with Crippen molar-refractivity contribution in [1.82, 2.24) is 14.8 Å². The number of hydrogen-bond acceptors (Lipinski definition) is 4. The van der Waals surface area contributed by atoms with E-state index >= 15 is 0 Å². The molecule has 0 aliphatic rings. The van der Waals surface area contributed by atoms with Crippen LogP contribution in [0.25, 0.3) is 0 Å². The topological polar surface area (TPSA) is 66.0 Å². The van der Waals surface area contributed by atoms with E-state index < -0.39 is 0 Å². The van der Waals surface area contributed by atoms with E-state index in [1.165, 1.54) is 0 Å². The van der Waals surface area contributed by atoms with Crippen molar-refractivity contribution >= 4 is 0 Å². The molecule has 2 aromatic rings. The van der Waals surface area contributed by atoms with Gasteiger partial charge in [0.05, 0.1) is 19.3 Å². The number of methoxy groups -OCH3 is 1. The zero-order chi connectivity index (χ0) is 14.9. The minimum atomic E-state index is -0.303. The van der Waals surface area contributed by atoms with Gasteiger partial charge in [-0.3, -0.25) is 9.67 Å². The van der Waals surface area contributed by atoms with Gasteiger partial charge in [0, 0.05) is 17.4 Å². The SMILES string of the molecule is COc1cnn(C(C)C)c1C(N)c1ccc(C)nc1C. The molecule has 2 N–H and O–H groups in total. The van der Waals surface area contributed by atoms with Crippen LogP contribution in [0.5, 0.6) is 5.75 Å². The average Bonchev–Trinajstić information content (AvgIpc) is 2.81. The summed E-state index contributed by atoms with van der Waals surface area (Å²) in [5.74, 6) is 0.714. The first-order chi connectivity index (χ1) is 9.45. The maximum atomic E-state index is 6.45. The molecular weight excluding hydrogens is 252 g/mol. The molecule has 5 nitrogen and oxygen atoms in total. The van der Waals surface area contributed by atoms with E-state index in [1.54, 1.807) is 13.3 Å². The van der Waals surface area contributed by atoms with Gasteiger partial charge in [0.2, 0.25) is 0 Å². The molecule has 2 rings (SSSR count). The molecule has 2 heterocycles. The Morgan fingerprint density at radius 2 is 1.95 bits per heavy atom. The van der Waals surface area contributed by atoms with E-state index in [4.69, 9.17) is 10.5 Å². The van der Waals surface area contributed by atoms with Crippen molar-refractivity contribution in [1.29, 1.82) is 0 Å². The molecule has 0 aliphatic carbocycles. The predicted octanol–water partition coefficient (Wildman–Crippen LogP) is 2.53. The van der Waals surface area contributed by atoms with Crippen LogP contribution in [0.4, 0.5) is 0 Å². The number of pyridine rings is 1. The molecule has 0 fully saturated rings. The van der Waals surface area contributed by atoms with Gasteiger partial charge in [0.1, 0.15) is 5.69 Å².